The molecule has 1 aliphatic rings. The van der Waals surface area contributed by atoms with Crippen molar-refractivity contribution >= 4 is 11.8 Å². The molecule has 4 rings (SSSR count). The zero-order chi connectivity index (χ0) is 20.2. The number of likely N-dealkylation sites (N-methyl/N-ethyl adjacent to an activating group) is 1. The van der Waals surface area contributed by atoms with Crippen molar-refractivity contribution in [1.82, 2.24) is 9.88 Å². The molecule has 0 amide bonds. The molecule has 0 aliphatic carbocycles. The van der Waals surface area contributed by atoms with Gasteiger partial charge in [-0.05, 0) is 37.2 Å². The Labute approximate surface area is 170 Å². The molecule has 3 heterocycles. The van der Waals surface area contributed by atoms with E-state index in [4.69, 9.17) is 4.42 Å². The fraction of sp³-hybridized carbons (Fsp3) is 0.304. The van der Waals surface area contributed by atoms with Gasteiger partial charge in [0.15, 0.2) is 0 Å². The maximum atomic E-state index is 11.5. The maximum absolute atomic E-state index is 11.5. The van der Waals surface area contributed by atoms with Crippen LogP contribution in [0.5, 0.6) is 0 Å². The summed E-state index contributed by atoms with van der Waals surface area (Å²) < 4.78 is 6.08. The average Bonchev–Trinajstić information content (AvgIpc) is 3.42. The summed E-state index contributed by atoms with van der Waals surface area (Å²) in [6.07, 6.45) is 2.62. The van der Waals surface area contributed by atoms with Crippen LogP contribution in [0.25, 0.3) is 11.3 Å². The molecular formula is C23H25N3O3. The minimum absolute atomic E-state index is 0.259. The third-order valence-corrected chi connectivity index (χ3v) is 5.48. The Morgan fingerprint density at radius 1 is 1.21 bits per heavy atom. The molecule has 0 saturated carbocycles. The summed E-state index contributed by atoms with van der Waals surface area (Å²) in [6.45, 7) is 5.33. The second-order valence-electron chi connectivity index (χ2n) is 7.26. The Morgan fingerprint density at radius 2 is 2.03 bits per heavy atom. The van der Waals surface area contributed by atoms with Crippen molar-refractivity contribution in [1.29, 1.82) is 0 Å². The Balaban J connectivity index is 1.45. The first kappa shape index (κ1) is 19.2. The van der Waals surface area contributed by atoms with Crippen LogP contribution in [0.15, 0.2) is 65.2 Å². The van der Waals surface area contributed by atoms with E-state index in [1.807, 2.05) is 42.5 Å². The van der Waals surface area contributed by atoms with Crippen LogP contribution in [0.4, 0.5) is 5.82 Å². The highest BCUT2D eigenvalue weighted by Crippen LogP contribution is 2.27. The standard InChI is InChI=1S/C23H25N3O3/c1-2-25(16-19-10-11-21(29-19)17-7-4-3-5-8-17)18-12-14-26(15-18)22-20(23(27)28)9-6-13-24-22/h3-11,13,18H,2,12,14-16H2,1H3,(H,27,28)/t18-/m1/s1. The summed E-state index contributed by atoms with van der Waals surface area (Å²) in [5.41, 5.74) is 1.33. The number of aromatic carboxylic acids is 1. The van der Waals surface area contributed by atoms with Gasteiger partial charge in [-0.1, -0.05) is 37.3 Å². The lowest BCUT2D eigenvalue weighted by molar-refractivity contribution is 0.0697. The average molecular weight is 391 g/mol. The molecular weight excluding hydrogens is 366 g/mol. The molecule has 2 aromatic heterocycles. The molecule has 0 bridgehead atoms. The van der Waals surface area contributed by atoms with Crippen LogP contribution in [-0.2, 0) is 6.54 Å². The number of rotatable bonds is 7. The van der Waals surface area contributed by atoms with E-state index >= 15 is 0 Å². The van der Waals surface area contributed by atoms with E-state index in [0.717, 1.165) is 49.7 Å². The number of carboxylic acids is 1. The minimum Gasteiger partial charge on any atom is -0.478 e. The van der Waals surface area contributed by atoms with Crippen molar-refractivity contribution < 1.29 is 14.3 Å². The molecule has 1 aliphatic heterocycles. The summed E-state index contributed by atoms with van der Waals surface area (Å²) in [4.78, 5) is 20.3. The quantitative estimate of drug-likeness (QED) is 0.653. The number of pyridine rings is 1. The Hall–Kier alpha value is -3.12. The molecule has 6 heteroatoms. The number of benzene rings is 1. The SMILES string of the molecule is CCN(Cc1ccc(-c2ccccc2)o1)[C@@H]1CCN(c2ncccc2C(=O)O)C1. The van der Waals surface area contributed by atoms with Crippen LogP contribution in [0, 0.1) is 0 Å². The van der Waals surface area contributed by atoms with Gasteiger partial charge in [0.25, 0.3) is 0 Å². The number of anilines is 1. The number of carboxylic acid groups (broad SMARTS) is 1. The Bertz CT molecular complexity index is 970. The number of carbonyl (C=O) groups is 1. The van der Waals surface area contributed by atoms with Crippen molar-refractivity contribution in [3.05, 3.63) is 72.1 Å². The van der Waals surface area contributed by atoms with Gasteiger partial charge in [-0.2, -0.15) is 0 Å². The van der Waals surface area contributed by atoms with Gasteiger partial charge in [0.2, 0.25) is 0 Å². The van der Waals surface area contributed by atoms with Gasteiger partial charge in [0.05, 0.1) is 6.54 Å². The van der Waals surface area contributed by atoms with E-state index in [2.05, 4.69) is 21.7 Å². The van der Waals surface area contributed by atoms with Crippen LogP contribution in [0.2, 0.25) is 0 Å². The van der Waals surface area contributed by atoms with Crippen LogP contribution in [-0.4, -0.2) is 46.6 Å². The highest BCUT2D eigenvalue weighted by Gasteiger charge is 2.30. The predicted octanol–water partition coefficient (Wildman–Crippen LogP) is 4.14. The summed E-state index contributed by atoms with van der Waals surface area (Å²) in [5, 5.41) is 9.45. The minimum atomic E-state index is -0.937. The monoisotopic (exact) mass is 391 g/mol. The molecule has 150 valence electrons. The zero-order valence-electron chi connectivity index (χ0n) is 16.5. The van der Waals surface area contributed by atoms with Gasteiger partial charge in [0.1, 0.15) is 22.9 Å². The second-order valence-corrected chi connectivity index (χ2v) is 7.26. The highest BCUT2D eigenvalue weighted by molar-refractivity contribution is 5.93. The molecule has 1 N–H and O–H groups in total. The summed E-state index contributed by atoms with van der Waals surface area (Å²) in [7, 11) is 0. The van der Waals surface area contributed by atoms with Gasteiger partial charge >= 0.3 is 5.97 Å². The van der Waals surface area contributed by atoms with Crippen LogP contribution >= 0.6 is 0 Å². The largest absolute Gasteiger partial charge is 0.478 e. The molecule has 0 radical (unpaired) electrons. The molecule has 0 spiro atoms. The number of aromatic nitrogens is 1. The van der Waals surface area contributed by atoms with E-state index in [0.29, 0.717) is 11.9 Å². The van der Waals surface area contributed by atoms with E-state index in [1.54, 1.807) is 18.3 Å². The molecule has 6 nitrogen and oxygen atoms in total. The van der Waals surface area contributed by atoms with E-state index < -0.39 is 5.97 Å². The molecule has 1 aromatic carbocycles. The summed E-state index contributed by atoms with van der Waals surface area (Å²) in [5.74, 6) is 1.44. The van der Waals surface area contributed by atoms with E-state index in [9.17, 15) is 9.90 Å². The maximum Gasteiger partial charge on any atom is 0.339 e. The lowest BCUT2D eigenvalue weighted by atomic mass is 10.2. The molecule has 1 fully saturated rings. The van der Waals surface area contributed by atoms with Crippen molar-refractivity contribution in [3.63, 3.8) is 0 Å². The van der Waals surface area contributed by atoms with Crippen molar-refractivity contribution in [2.45, 2.75) is 25.9 Å². The smallest absolute Gasteiger partial charge is 0.339 e. The van der Waals surface area contributed by atoms with Crippen molar-refractivity contribution in [2.75, 3.05) is 24.5 Å². The van der Waals surface area contributed by atoms with Gasteiger partial charge in [-0.3, -0.25) is 4.90 Å². The normalized spacial score (nSPS) is 16.5. The molecule has 1 atom stereocenters. The lowest BCUT2D eigenvalue weighted by Gasteiger charge is -2.27. The van der Waals surface area contributed by atoms with Crippen LogP contribution < -0.4 is 4.90 Å². The van der Waals surface area contributed by atoms with Crippen molar-refractivity contribution in [2.24, 2.45) is 0 Å². The highest BCUT2D eigenvalue weighted by atomic mass is 16.4. The van der Waals surface area contributed by atoms with Gasteiger partial charge in [-0.15, -0.1) is 0 Å². The lowest BCUT2D eigenvalue weighted by Crippen LogP contribution is -2.37. The third-order valence-electron chi connectivity index (χ3n) is 5.48. The van der Waals surface area contributed by atoms with E-state index in [1.165, 1.54) is 0 Å². The molecule has 29 heavy (non-hydrogen) atoms. The molecule has 3 aromatic rings. The van der Waals surface area contributed by atoms with Crippen LogP contribution in [0.1, 0.15) is 29.5 Å². The topological polar surface area (TPSA) is 69.8 Å². The van der Waals surface area contributed by atoms with E-state index in [-0.39, 0.29) is 5.56 Å². The third kappa shape index (κ3) is 4.17. The Morgan fingerprint density at radius 3 is 2.79 bits per heavy atom. The van der Waals surface area contributed by atoms with Crippen LogP contribution in [0.3, 0.4) is 0 Å². The first-order valence-electron chi connectivity index (χ1n) is 9.97. The predicted molar refractivity (Wildman–Crippen MR) is 112 cm³/mol. The number of hydrogen-bond acceptors (Lipinski definition) is 5. The molecule has 0 unspecified atom stereocenters. The van der Waals surface area contributed by atoms with Gasteiger partial charge in [0, 0.05) is 30.9 Å². The number of hydrogen-bond donors (Lipinski definition) is 1. The fourth-order valence-corrected chi connectivity index (χ4v) is 3.97. The second kappa shape index (κ2) is 8.49. The first-order chi connectivity index (χ1) is 14.2. The Kier molecular flexibility index (Phi) is 5.62. The fourth-order valence-electron chi connectivity index (χ4n) is 3.97. The van der Waals surface area contributed by atoms with Gasteiger partial charge < -0.3 is 14.4 Å². The zero-order valence-corrected chi connectivity index (χ0v) is 16.5. The number of furan rings is 1. The van der Waals surface area contributed by atoms with Crippen molar-refractivity contribution in [3.8, 4) is 11.3 Å². The molecule has 1 saturated heterocycles. The number of nitrogens with zero attached hydrogens (tertiary/aromatic N) is 3. The first-order valence-corrected chi connectivity index (χ1v) is 9.97. The summed E-state index contributed by atoms with van der Waals surface area (Å²) >= 11 is 0. The summed E-state index contributed by atoms with van der Waals surface area (Å²) in [6, 6.07) is 17.8. The van der Waals surface area contributed by atoms with Gasteiger partial charge in [-0.25, -0.2) is 9.78 Å².